The average molecular weight is 1080 g/mol. The molecule has 0 radical (unpaired) electrons. The van der Waals surface area contributed by atoms with Crippen LogP contribution in [0.15, 0.2) is 97.1 Å². The Bertz CT molecular complexity index is 3650. The number of thiophene rings is 1. The summed E-state index contributed by atoms with van der Waals surface area (Å²) >= 11 is 2.09. The van der Waals surface area contributed by atoms with Crippen molar-refractivity contribution in [2.45, 2.75) is 233 Å². The van der Waals surface area contributed by atoms with Crippen LogP contribution in [0.1, 0.15) is 213 Å². The summed E-state index contributed by atoms with van der Waals surface area (Å²) in [4.78, 5) is 5.60. The van der Waals surface area contributed by atoms with E-state index in [0.717, 1.165) is 6.54 Å². The second-order valence-corrected chi connectivity index (χ2v) is 38.8. The van der Waals surface area contributed by atoms with Crippen LogP contribution in [0.5, 0.6) is 0 Å². The molecule has 3 heterocycles. The largest absolute Gasteiger partial charge is 0.338 e. The van der Waals surface area contributed by atoms with Crippen molar-refractivity contribution in [1.82, 2.24) is 0 Å². The van der Waals surface area contributed by atoms with Crippen LogP contribution < -0.4 is 30.7 Å². The van der Waals surface area contributed by atoms with Gasteiger partial charge in [-0.1, -0.05) is 198 Å². The molecule has 7 aromatic rings. The maximum absolute atomic E-state index is 2.85. The molecule has 0 spiro atoms. The molecule has 412 valence electrons. The Labute approximate surface area is 483 Å². The van der Waals surface area contributed by atoms with Crippen LogP contribution in [0.2, 0.25) is 19.6 Å². The van der Waals surface area contributed by atoms with Crippen LogP contribution in [-0.2, 0) is 49.9 Å². The Morgan fingerprint density at radius 2 is 0.962 bits per heavy atom. The molecule has 6 aromatic carbocycles. The van der Waals surface area contributed by atoms with Crippen molar-refractivity contribution in [1.29, 1.82) is 0 Å². The molecule has 12 rings (SSSR count). The highest BCUT2D eigenvalue weighted by Crippen LogP contribution is 2.55. The third-order valence-corrected chi connectivity index (χ3v) is 24.3. The van der Waals surface area contributed by atoms with Crippen molar-refractivity contribution < 1.29 is 0 Å². The lowest BCUT2D eigenvalue weighted by molar-refractivity contribution is 0.331. The molecule has 0 saturated carbocycles. The van der Waals surface area contributed by atoms with Gasteiger partial charge >= 0.3 is 0 Å². The molecular weight excluding hydrogens is 988 g/mol. The molecule has 0 amide bonds. The molecule has 0 unspecified atom stereocenters. The second-order valence-electron chi connectivity index (χ2n) is 32.7. The smallest absolute Gasteiger partial charge is 0.264 e. The van der Waals surface area contributed by atoms with E-state index in [2.05, 4.69) is 262 Å². The molecule has 0 fully saturated rings. The van der Waals surface area contributed by atoms with Crippen LogP contribution in [0.4, 0.5) is 28.4 Å². The van der Waals surface area contributed by atoms with Gasteiger partial charge in [-0.15, -0.1) is 11.3 Å². The zero-order valence-electron chi connectivity index (χ0n) is 52.6. The normalized spacial score (nSPS) is 20.0. The van der Waals surface area contributed by atoms with Crippen molar-refractivity contribution in [2.24, 2.45) is 0 Å². The first-order valence-corrected chi connectivity index (χ1v) is 34.8. The third-order valence-electron chi connectivity index (χ3n) is 21.0. The van der Waals surface area contributed by atoms with Gasteiger partial charge in [0.25, 0.3) is 6.71 Å². The first-order valence-electron chi connectivity index (χ1n) is 30.4. The van der Waals surface area contributed by atoms with Crippen molar-refractivity contribution in [3.05, 3.63) is 147 Å². The summed E-state index contributed by atoms with van der Waals surface area (Å²) in [5, 5.41) is 2.92. The van der Waals surface area contributed by atoms with Crippen molar-refractivity contribution in [3.8, 4) is 11.1 Å². The van der Waals surface area contributed by atoms with E-state index in [4.69, 9.17) is 0 Å². The Morgan fingerprint density at radius 3 is 1.48 bits per heavy atom. The number of rotatable bonds is 5. The summed E-state index contributed by atoms with van der Waals surface area (Å²) in [6.07, 6.45) is 7.13. The zero-order valence-corrected chi connectivity index (χ0v) is 54.4. The molecule has 5 heteroatoms. The number of anilines is 5. The molecule has 2 aliphatic heterocycles. The summed E-state index contributed by atoms with van der Waals surface area (Å²) in [6, 6.07) is 41.1. The first-order chi connectivity index (χ1) is 36.5. The number of fused-ring (bicyclic) bond motifs is 9. The number of nitrogens with zero attached hydrogens (tertiary/aromatic N) is 2. The highest BCUT2D eigenvalue weighted by Gasteiger charge is 2.49. The van der Waals surface area contributed by atoms with Crippen LogP contribution in [-0.4, -0.2) is 14.8 Å². The van der Waals surface area contributed by atoms with Gasteiger partial charge in [-0.05, 0) is 202 Å². The van der Waals surface area contributed by atoms with Crippen LogP contribution >= 0.6 is 11.3 Å². The maximum Gasteiger partial charge on any atom is 0.264 e. The highest BCUT2D eigenvalue weighted by molar-refractivity contribution is 7.33. The summed E-state index contributed by atoms with van der Waals surface area (Å²) in [7, 11) is -1.53. The summed E-state index contributed by atoms with van der Waals surface area (Å²) in [5.41, 5.74) is 26.1. The van der Waals surface area contributed by atoms with E-state index in [0.29, 0.717) is 0 Å². The molecule has 5 aliphatic rings. The predicted octanol–water partition coefficient (Wildman–Crippen LogP) is 18.7. The summed E-state index contributed by atoms with van der Waals surface area (Å²) < 4.78 is 2.91. The third kappa shape index (κ3) is 8.72. The van der Waals surface area contributed by atoms with E-state index in [-0.39, 0.29) is 50.0 Å². The topological polar surface area (TPSA) is 6.48 Å². The Kier molecular flexibility index (Phi) is 12.0. The molecule has 0 saturated heterocycles. The molecule has 0 N–H and O–H groups in total. The van der Waals surface area contributed by atoms with E-state index in [1.807, 2.05) is 0 Å². The molecule has 1 aromatic heterocycles. The van der Waals surface area contributed by atoms with E-state index in [1.54, 1.807) is 11.1 Å². The van der Waals surface area contributed by atoms with Gasteiger partial charge in [-0.25, -0.2) is 0 Å². The molecular formula is C74H93BN2SSi. The zero-order chi connectivity index (χ0) is 56.9. The van der Waals surface area contributed by atoms with Gasteiger partial charge in [0.2, 0.25) is 0 Å². The van der Waals surface area contributed by atoms with Gasteiger partial charge in [0.05, 0.1) is 13.8 Å². The van der Waals surface area contributed by atoms with Gasteiger partial charge < -0.3 is 9.80 Å². The summed E-state index contributed by atoms with van der Waals surface area (Å²) in [5.74, 6) is 0. The highest BCUT2D eigenvalue weighted by atomic mass is 32.1. The molecule has 2 nitrogen and oxygen atoms in total. The number of hydrogen-bond donors (Lipinski definition) is 0. The maximum atomic E-state index is 2.85. The molecule has 3 aliphatic carbocycles. The van der Waals surface area contributed by atoms with Crippen LogP contribution in [0, 0.1) is 0 Å². The van der Waals surface area contributed by atoms with E-state index < -0.39 is 8.07 Å². The Hall–Kier alpha value is -4.84. The van der Waals surface area contributed by atoms with Gasteiger partial charge in [0.15, 0.2) is 0 Å². The van der Waals surface area contributed by atoms with Crippen molar-refractivity contribution in [3.63, 3.8) is 0 Å². The van der Waals surface area contributed by atoms with Crippen LogP contribution in [0.3, 0.4) is 0 Å². The van der Waals surface area contributed by atoms with E-state index in [1.165, 1.54) is 148 Å². The van der Waals surface area contributed by atoms with Gasteiger partial charge in [0, 0.05) is 44.2 Å². The molecule has 79 heavy (non-hydrogen) atoms. The van der Waals surface area contributed by atoms with Gasteiger partial charge in [0.1, 0.15) is 0 Å². The fourth-order valence-electron chi connectivity index (χ4n) is 15.0. The lowest BCUT2D eigenvalue weighted by Gasteiger charge is -2.47. The minimum absolute atomic E-state index is 0.0388. The SMILES string of the molecule is CC(C)(C)c1ccc(N2c3cc(C(C)(C)C)cc4c3B(c3cc5c(cc3N4Cc3cc4c(cc3-c3ccc([Si](C)(C)C)cc3)C(C)(C)CCC4(C)C)C(C)(C)CCC5(C)C)c3sc4cc5c(cc4c32)C(C)(C)CCC5(C)C)cc1. The second kappa shape index (κ2) is 17.4. The fourth-order valence-corrected chi connectivity index (χ4v) is 17.5. The van der Waals surface area contributed by atoms with Crippen molar-refractivity contribution >= 4 is 85.5 Å². The number of benzene rings is 6. The fraction of sp³-hybridized carbons (Fsp3) is 0.486. The summed E-state index contributed by atoms with van der Waals surface area (Å²) in [6.45, 7) is 52.7. The van der Waals surface area contributed by atoms with Crippen molar-refractivity contribution in [2.75, 3.05) is 9.80 Å². The standard InChI is InChI=1S/C74H93BN2SSi/c1-67(2,3)47-24-26-49(27-25-47)77-62-38-48(68(4,5)6)37-61-64(62)75(66-65(77)52-40-55-58(43-63(52)78-66)74(17,18)35-32-71(55,11)12)59-41-56-57(73(15,16)34-33-72(56,13)14)42-60(59)76(61)44-46-36-53-54(70(9,10)31-30-69(53,7)8)39-51(46)45-22-28-50(29-23-45)79(19,20)21/h22-29,36-43H,30-35,44H2,1-21H3. The van der Waals surface area contributed by atoms with Gasteiger partial charge in [-0.3, -0.25) is 0 Å². The predicted molar refractivity (Wildman–Crippen MR) is 352 cm³/mol. The van der Waals surface area contributed by atoms with E-state index in [9.17, 15) is 0 Å². The average Bonchev–Trinajstić information content (AvgIpc) is 3.75. The molecule has 0 bridgehead atoms. The molecule has 0 atom stereocenters. The quantitative estimate of drug-likeness (QED) is 0.159. The van der Waals surface area contributed by atoms with Gasteiger partial charge in [-0.2, -0.15) is 0 Å². The lowest BCUT2D eigenvalue weighted by Crippen LogP contribution is -2.61. The minimum atomic E-state index is -1.53. The monoisotopic (exact) mass is 1080 g/mol. The first kappa shape index (κ1) is 54.7. The number of hydrogen-bond acceptors (Lipinski definition) is 3. The van der Waals surface area contributed by atoms with Crippen LogP contribution in [0.25, 0.3) is 21.2 Å². The Morgan fingerprint density at radius 1 is 0.494 bits per heavy atom. The lowest BCUT2D eigenvalue weighted by atomic mass is 9.35. The minimum Gasteiger partial charge on any atom is -0.338 e. The Balaban J connectivity index is 1.20. The van der Waals surface area contributed by atoms with E-state index >= 15 is 0 Å².